The number of hydrogen-bond acceptors (Lipinski definition) is 6. The van der Waals surface area contributed by atoms with Gasteiger partial charge >= 0.3 is 5.97 Å². The van der Waals surface area contributed by atoms with Crippen LogP contribution in [0.2, 0.25) is 0 Å². The van der Waals surface area contributed by atoms with Crippen molar-refractivity contribution in [1.82, 2.24) is 9.88 Å². The molecule has 0 atom stereocenters. The molecule has 3 rings (SSSR count). The number of carbonyl (C=O) groups excluding carboxylic acids is 1. The predicted molar refractivity (Wildman–Crippen MR) is 127 cm³/mol. The maximum absolute atomic E-state index is 12.7. The summed E-state index contributed by atoms with van der Waals surface area (Å²) in [5.41, 5.74) is 1.82. The molecule has 0 amide bonds. The summed E-state index contributed by atoms with van der Waals surface area (Å²) < 4.78 is 10.1. The molecule has 3 aromatic rings. The molecule has 2 aromatic carbocycles. The fourth-order valence-corrected chi connectivity index (χ4v) is 3.53. The molecule has 0 unspecified atom stereocenters. The maximum Gasteiger partial charge on any atom is 0.339 e. The number of aromatic amines is 1. The zero-order valence-corrected chi connectivity index (χ0v) is 18.7. The first-order valence-electron chi connectivity index (χ1n) is 10.0. The zero-order chi connectivity index (χ0) is 23.1. The van der Waals surface area contributed by atoms with E-state index in [1.54, 1.807) is 54.5 Å². The lowest BCUT2D eigenvalue weighted by Crippen LogP contribution is -2.37. The summed E-state index contributed by atoms with van der Waals surface area (Å²) in [5.74, 6) is 0.196. The molecule has 32 heavy (non-hydrogen) atoms. The number of hydrogen-bond donors (Lipinski definition) is 3. The summed E-state index contributed by atoms with van der Waals surface area (Å²) in [5, 5.41) is 13.5. The SMILES string of the molecule is COC(=O)c1ccccc1NC(=S)N(CCCO)Cc1cc2cc(OC)ccc2[nH]c1=O. The van der Waals surface area contributed by atoms with Gasteiger partial charge in [0.2, 0.25) is 0 Å². The molecule has 9 heteroatoms. The van der Waals surface area contributed by atoms with Crippen LogP contribution in [0.5, 0.6) is 5.75 Å². The Balaban J connectivity index is 1.89. The van der Waals surface area contributed by atoms with E-state index in [2.05, 4.69) is 10.3 Å². The van der Waals surface area contributed by atoms with Gasteiger partial charge in [0.15, 0.2) is 5.11 Å². The number of para-hydroxylation sites is 1. The number of nitrogens with zero attached hydrogens (tertiary/aromatic N) is 1. The van der Waals surface area contributed by atoms with Crippen molar-refractivity contribution in [3.63, 3.8) is 0 Å². The molecule has 8 nitrogen and oxygen atoms in total. The third-order valence-corrected chi connectivity index (χ3v) is 5.30. The van der Waals surface area contributed by atoms with E-state index in [1.165, 1.54) is 7.11 Å². The normalized spacial score (nSPS) is 10.6. The number of pyridine rings is 1. The molecule has 0 fully saturated rings. The van der Waals surface area contributed by atoms with Gasteiger partial charge < -0.3 is 29.8 Å². The Hall–Kier alpha value is -3.43. The number of methoxy groups -OCH3 is 2. The molecule has 168 valence electrons. The Labute approximate surface area is 190 Å². The minimum Gasteiger partial charge on any atom is -0.497 e. The molecule has 3 N–H and O–H groups in total. The first-order chi connectivity index (χ1) is 15.5. The number of aliphatic hydroxyl groups excluding tert-OH is 1. The van der Waals surface area contributed by atoms with E-state index in [9.17, 15) is 14.7 Å². The van der Waals surface area contributed by atoms with Gasteiger partial charge in [-0.15, -0.1) is 0 Å². The number of esters is 1. The highest BCUT2D eigenvalue weighted by atomic mass is 32.1. The average Bonchev–Trinajstić information content (AvgIpc) is 2.81. The molecular weight excluding hydrogens is 430 g/mol. The Bertz CT molecular complexity index is 1180. The maximum atomic E-state index is 12.7. The van der Waals surface area contributed by atoms with Gasteiger partial charge in [-0.2, -0.15) is 0 Å². The smallest absolute Gasteiger partial charge is 0.339 e. The second-order valence-electron chi connectivity index (χ2n) is 7.04. The van der Waals surface area contributed by atoms with Gasteiger partial charge in [0.05, 0.1) is 32.0 Å². The highest BCUT2D eigenvalue weighted by Gasteiger charge is 2.17. The van der Waals surface area contributed by atoms with Crippen molar-refractivity contribution in [1.29, 1.82) is 0 Å². The molecule has 0 saturated heterocycles. The average molecular weight is 456 g/mol. The van der Waals surface area contributed by atoms with Gasteiger partial charge in [0, 0.05) is 29.6 Å². The summed E-state index contributed by atoms with van der Waals surface area (Å²) in [4.78, 5) is 29.4. The summed E-state index contributed by atoms with van der Waals surface area (Å²) in [6.45, 7) is 0.607. The number of benzene rings is 2. The van der Waals surface area contributed by atoms with Gasteiger partial charge in [-0.25, -0.2) is 4.79 Å². The number of ether oxygens (including phenoxy) is 2. The van der Waals surface area contributed by atoms with Crippen LogP contribution in [0, 0.1) is 0 Å². The molecule has 0 spiro atoms. The second-order valence-corrected chi connectivity index (χ2v) is 7.43. The standard InChI is InChI=1S/C23H25N3O5S/c1-30-17-8-9-19-15(13-17)12-16(21(28)24-19)14-26(10-5-11-27)23(32)25-20-7-4-3-6-18(20)22(29)31-2/h3-4,6-9,12-13,27H,5,10-11,14H2,1-2H3,(H,24,28)(H,25,32). The lowest BCUT2D eigenvalue weighted by molar-refractivity contribution is 0.0602. The van der Waals surface area contributed by atoms with Crippen LogP contribution in [-0.2, 0) is 11.3 Å². The molecule has 1 aromatic heterocycles. The van der Waals surface area contributed by atoms with Crippen molar-refractivity contribution in [2.75, 3.05) is 32.7 Å². The van der Waals surface area contributed by atoms with Crippen molar-refractivity contribution >= 4 is 39.9 Å². The van der Waals surface area contributed by atoms with Crippen LogP contribution < -0.4 is 15.6 Å². The largest absolute Gasteiger partial charge is 0.497 e. The van der Waals surface area contributed by atoms with E-state index in [0.29, 0.717) is 46.2 Å². The molecule has 0 aliphatic rings. The zero-order valence-electron chi connectivity index (χ0n) is 17.9. The second kappa shape index (κ2) is 10.7. The van der Waals surface area contributed by atoms with Crippen LogP contribution in [0.1, 0.15) is 22.3 Å². The van der Waals surface area contributed by atoms with Crippen LogP contribution in [0.15, 0.2) is 53.3 Å². The molecular formula is C23H25N3O5S. The number of aliphatic hydroxyl groups is 1. The monoisotopic (exact) mass is 455 g/mol. The van der Waals surface area contributed by atoms with E-state index in [4.69, 9.17) is 21.7 Å². The van der Waals surface area contributed by atoms with Gasteiger partial charge in [0.25, 0.3) is 5.56 Å². The Morgan fingerprint density at radius 3 is 2.69 bits per heavy atom. The third kappa shape index (κ3) is 5.43. The van der Waals surface area contributed by atoms with Gasteiger partial charge in [-0.3, -0.25) is 4.79 Å². The highest BCUT2D eigenvalue weighted by Crippen LogP contribution is 2.20. The van der Waals surface area contributed by atoms with Crippen LogP contribution in [0.3, 0.4) is 0 Å². The van der Waals surface area contributed by atoms with Crippen molar-refractivity contribution < 1.29 is 19.4 Å². The quantitative estimate of drug-likeness (QED) is 0.352. The van der Waals surface area contributed by atoms with Crippen molar-refractivity contribution in [3.8, 4) is 5.75 Å². The van der Waals surface area contributed by atoms with Crippen LogP contribution in [0.25, 0.3) is 10.9 Å². The summed E-state index contributed by atoms with van der Waals surface area (Å²) in [6, 6.07) is 14.1. The molecule has 0 bridgehead atoms. The van der Waals surface area contributed by atoms with Crippen molar-refractivity contribution in [3.05, 3.63) is 70.0 Å². The van der Waals surface area contributed by atoms with E-state index < -0.39 is 5.97 Å². The van der Waals surface area contributed by atoms with Gasteiger partial charge in [-0.05, 0) is 55.0 Å². The van der Waals surface area contributed by atoms with Crippen LogP contribution in [-0.4, -0.2) is 53.4 Å². The summed E-state index contributed by atoms with van der Waals surface area (Å²) >= 11 is 5.58. The van der Waals surface area contributed by atoms with Crippen molar-refractivity contribution in [2.24, 2.45) is 0 Å². The Kier molecular flexibility index (Phi) is 7.80. The fourth-order valence-electron chi connectivity index (χ4n) is 3.27. The van der Waals surface area contributed by atoms with Crippen LogP contribution in [0.4, 0.5) is 5.69 Å². The summed E-state index contributed by atoms with van der Waals surface area (Å²) in [7, 11) is 2.90. The first-order valence-corrected chi connectivity index (χ1v) is 10.4. The third-order valence-electron chi connectivity index (χ3n) is 4.94. The fraction of sp³-hybridized carbons (Fsp3) is 0.261. The molecule has 0 radical (unpaired) electrons. The first kappa shape index (κ1) is 23.2. The van der Waals surface area contributed by atoms with E-state index in [-0.39, 0.29) is 18.7 Å². The summed E-state index contributed by atoms with van der Waals surface area (Å²) in [6.07, 6.45) is 0.458. The highest BCUT2D eigenvalue weighted by molar-refractivity contribution is 7.80. The Morgan fingerprint density at radius 1 is 1.19 bits per heavy atom. The number of thiocarbonyl (C=S) groups is 1. The number of fused-ring (bicyclic) bond motifs is 1. The van der Waals surface area contributed by atoms with E-state index in [1.807, 2.05) is 6.07 Å². The molecule has 0 saturated carbocycles. The Morgan fingerprint density at radius 2 is 1.97 bits per heavy atom. The van der Waals surface area contributed by atoms with Crippen molar-refractivity contribution in [2.45, 2.75) is 13.0 Å². The van der Waals surface area contributed by atoms with E-state index in [0.717, 1.165) is 5.39 Å². The number of anilines is 1. The number of H-pyrrole nitrogens is 1. The molecule has 0 aliphatic carbocycles. The number of rotatable bonds is 8. The lowest BCUT2D eigenvalue weighted by atomic mass is 10.1. The lowest BCUT2D eigenvalue weighted by Gasteiger charge is -2.26. The van der Waals surface area contributed by atoms with Gasteiger partial charge in [-0.1, -0.05) is 12.1 Å². The van der Waals surface area contributed by atoms with Gasteiger partial charge in [0.1, 0.15) is 5.75 Å². The number of aromatic nitrogens is 1. The minimum atomic E-state index is -0.488. The molecule has 1 heterocycles. The predicted octanol–water partition coefficient (Wildman–Crippen LogP) is 2.90. The topological polar surface area (TPSA) is 104 Å². The number of nitrogens with one attached hydrogen (secondary N) is 2. The molecule has 0 aliphatic heterocycles. The van der Waals surface area contributed by atoms with Crippen LogP contribution >= 0.6 is 12.2 Å². The van der Waals surface area contributed by atoms with E-state index >= 15 is 0 Å². The minimum absolute atomic E-state index is 0.0247. The number of carbonyl (C=O) groups is 1.